The van der Waals surface area contributed by atoms with E-state index in [2.05, 4.69) is 26.1 Å². The molecule has 1 heterocycles. The number of carbonyl (C=O) groups excluding carboxylic acids is 2. The highest BCUT2D eigenvalue weighted by Gasteiger charge is 2.10. The van der Waals surface area contributed by atoms with E-state index in [1.165, 1.54) is 6.92 Å². The van der Waals surface area contributed by atoms with E-state index in [1.54, 1.807) is 43.5 Å². The Morgan fingerprint density at radius 1 is 0.931 bits per heavy atom. The largest absolute Gasteiger partial charge is 0.495 e. The summed E-state index contributed by atoms with van der Waals surface area (Å²) in [6, 6.07) is 15.8. The Morgan fingerprint density at radius 3 is 2.34 bits per heavy atom. The van der Waals surface area contributed by atoms with Crippen LogP contribution in [0.3, 0.4) is 0 Å². The summed E-state index contributed by atoms with van der Waals surface area (Å²) >= 11 is 0. The van der Waals surface area contributed by atoms with Crippen LogP contribution in [0, 0.1) is 6.92 Å². The van der Waals surface area contributed by atoms with E-state index in [0.717, 1.165) is 11.3 Å². The van der Waals surface area contributed by atoms with E-state index in [9.17, 15) is 9.59 Å². The molecule has 0 unspecified atom stereocenters. The molecule has 0 atom stereocenters. The summed E-state index contributed by atoms with van der Waals surface area (Å²) in [6.07, 6.45) is 0. The summed E-state index contributed by atoms with van der Waals surface area (Å²) in [6.45, 7) is 3.40. The maximum absolute atomic E-state index is 12.4. The van der Waals surface area contributed by atoms with Gasteiger partial charge in [0.05, 0.1) is 12.8 Å². The molecule has 0 bridgehead atoms. The Hall–Kier alpha value is -3.94. The fourth-order valence-corrected chi connectivity index (χ4v) is 2.65. The Kier molecular flexibility index (Phi) is 6.03. The van der Waals surface area contributed by atoms with Crippen molar-refractivity contribution in [2.24, 2.45) is 0 Å². The summed E-state index contributed by atoms with van der Waals surface area (Å²) in [4.78, 5) is 23.6. The molecule has 3 N–H and O–H groups in total. The van der Waals surface area contributed by atoms with Crippen molar-refractivity contribution in [1.82, 2.24) is 10.2 Å². The minimum atomic E-state index is -0.405. The normalized spacial score (nSPS) is 10.2. The van der Waals surface area contributed by atoms with Crippen LogP contribution in [0.1, 0.15) is 23.0 Å². The van der Waals surface area contributed by atoms with Gasteiger partial charge in [-0.25, -0.2) is 0 Å². The van der Waals surface area contributed by atoms with Crippen LogP contribution in [0.4, 0.5) is 22.9 Å². The first-order chi connectivity index (χ1) is 13.9. The zero-order chi connectivity index (χ0) is 20.8. The average molecular weight is 391 g/mol. The molecule has 29 heavy (non-hydrogen) atoms. The lowest BCUT2D eigenvalue weighted by Crippen LogP contribution is -2.15. The van der Waals surface area contributed by atoms with Gasteiger partial charge < -0.3 is 20.7 Å². The van der Waals surface area contributed by atoms with Gasteiger partial charge in [-0.1, -0.05) is 12.1 Å². The molecule has 0 aliphatic heterocycles. The number of hydrogen-bond donors (Lipinski definition) is 3. The van der Waals surface area contributed by atoms with E-state index in [-0.39, 0.29) is 11.6 Å². The lowest BCUT2D eigenvalue weighted by atomic mass is 10.2. The zero-order valence-corrected chi connectivity index (χ0v) is 16.3. The van der Waals surface area contributed by atoms with E-state index in [1.807, 2.05) is 25.1 Å². The molecule has 0 radical (unpaired) electrons. The number of aryl methyl sites for hydroxylation is 1. The summed E-state index contributed by atoms with van der Waals surface area (Å²) < 4.78 is 5.33. The zero-order valence-electron chi connectivity index (χ0n) is 16.3. The monoisotopic (exact) mass is 391 g/mol. The van der Waals surface area contributed by atoms with Crippen LogP contribution in [-0.2, 0) is 4.79 Å². The molecule has 0 aliphatic carbocycles. The average Bonchev–Trinajstić information content (AvgIpc) is 2.68. The molecule has 3 rings (SSSR count). The summed E-state index contributed by atoms with van der Waals surface area (Å²) in [5, 5.41) is 16.6. The van der Waals surface area contributed by atoms with Crippen molar-refractivity contribution in [2.75, 3.05) is 23.1 Å². The number of aromatic nitrogens is 2. The second kappa shape index (κ2) is 8.83. The van der Waals surface area contributed by atoms with Gasteiger partial charge in [0.15, 0.2) is 11.5 Å². The number of nitrogens with one attached hydrogen (secondary N) is 3. The first-order valence-electron chi connectivity index (χ1n) is 8.89. The van der Waals surface area contributed by atoms with Crippen molar-refractivity contribution in [1.29, 1.82) is 0 Å². The second-order valence-electron chi connectivity index (χ2n) is 6.35. The van der Waals surface area contributed by atoms with Crippen molar-refractivity contribution in [3.8, 4) is 5.75 Å². The van der Waals surface area contributed by atoms with Crippen LogP contribution >= 0.6 is 0 Å². The van der Waals surface area contributed by atoms with Crippen LogP contribution < -0.4 is 20.7 Å². The maximum Gasteiger partial charge on any atom is 0.276 e. The number of rotatable bonds is 6. The number of carbonyl (C=O) groups is 2. The van der Waals surface area contributed by atoms with Gasteiger partial charge in [-0.05, 0) is 55.0 Å². The van der Waals surface area contributed by atoms with Crippen LogP contribution in [0.25, 0.3) is 0 Å². The van der Waals surface area contributed by atoms with Crippen LogP contribution in [0.2, 0.25) is 0 Å². The third-order valence-electron chi connectivity index (χ3n) is 3.96. The molecule has 1 aromatic heterocycles. The molecule has 148 valence electrons. The Balaban J connectivity index is 1.69. The number of amides is 2. The van der Waals surface area contributed by atoms with Crippen LogP contribution in [-0.4, -0.2) is 29.1 Å². The molecule has 8 nitrogen and oxygen atoms in total. The van der Waals surface area contributed by atoms with Crippen LogP contribution in [0.5, 0.6) is 5.75 Å². The fraction of sp³-hybridized carbons (Fsp3) is 0.143. The maximum atomic E-state index is 12.4. The number of hydrogen-bond acceptors (Lipinski definition) is 6. The predicted molar refractivity (Wildman–Crippen MR) is 112 cm³/mol. The molecule has 2 amide bonds. The molecule has 0 aliphatic rings. The molecule has 0 saturated carbocycles. The van der Waals surface area contributed by atoms with E-state index in [0.29, 0.717) is 22.9 Å². The molecular formula is C21H21N5O3. The van der Waals surface area contributed by atoms with Gasteiger partial charge in [-0.15, -0.1) is 10.2 Å². The Bertz CT molecular complexity index is 1030. The third-order valence-corrected chi connectivity index (χ3v) is 3.96. The van der Waals surface area contributed by atoms with E-state index >= 15 is 0 Å². The standard InChI is InChI=1S/C21H21N5O3/c1-13-7-9-19(29-3)18(11-13)24-20-10-8-17(25-26-20)21(28)23-16-6-4-5-15(12-16)22-14(2)27/h4-12H,1-3H3,(H,22,27)(H,23,28)(H,24,26). The Labute approximate surface area is 168 Å². The van der Waals surface area contributed by atoms with Gasteiger partial charge in [0.25, 0.3) is 5.91 Å². The third kappa shape index (κ3) is 5.29. The summed E-state index contributed by atoms with van der Waals surface area (Å²) in [5.41, 5.74) is 3.12. The van der Waals surface area contributed by atoms with Gasteiger partial charge in [0.1, 0.15) is 5.75 Å². The van der Waals surface area contributed by atoms with Crippen molar-refractivity contribution < 1.29 is 14.3 Å². The highest BCUT2D eigenvalue weighted by Crippen LogP contribution is 2.27. The SMILES string of the molecule is COc1ccc(C)cc1Nc1ccc(C(=O)Nc2cccc(NC(C)=O)c2)nn1. The van der Waals surface area contributed by atoms with Crippen molar-refractivity contribution in [2.45, 2.75) is 13.8 Å². The first-order valence-corrected chi connectivity index (χ1v) is 8.89. The topological polar surface area (TPSA) is 105 Å². The lowest BCUT2D eigenvalue weighted by molar-refractivity contribution is -0.114. The van der Waals surface area contributed by atoms with Crippen molar-refractivity contribution >= 4 is 34.7 Å². The molecule has 8 heteroatoms. The molecular weight excluding hydrogens is 370 g/mol. The molecule has 0 spiro atoms. The van der Waals surface area contributed by atoms with Gasteiger partial charge in [0, 0.05) is 18.3 Å². The van der Waals surface area contributed by atoms with Gasteiger partial charge in [0.2, 0.25) is 5.91 Å². The van der Waals surface area contributed by atoms with E-state index in [4.69, 9.17) is 4.74 Å². The molecule has 0 fully saturated rings. The number of anilines is 4. The molecule has 0 saturated heterocycles. The predicted octanol–water partition coefficient (Wildman–Crippen LogP) is 3.75. The van der Waals surface area contributed by atoms with Crippen molar-refractivity contribution in [3.63, 3.8) is 0 Å². The second-order valence-corrected chi connectivity index (χ2v) is 6.35. The smallest absolute Gasteiger partial charge is 0.276 e. The minimum absolute atomic E-state index is 0.164. The number of benzene rings is 2. The quantitative estimate of drug-likeness (QED) is 0.591. The molecule has 3 aromatic rings. The van der Waals surface area contributed by atoms with Gasteiger partial charge >= 0.3 is 0 Å². The minimum Gasteiger partial charge on any atom is -0.495 e. The van der Waals surface area contributed by atoms with Gasteiger partial charge in [-0.2, -0.15) is 0 Å². The number of ether oxygens (including phenoxy) is 1. The summed E-state index contributed by atoms with van der Waals surface area (Å²) in [5.74, 6) is 0.571. The van der Waals surface area contributed by atoms with E-state index < -0.39 is 5.91 Å². The highest BCUT2D eigenvalue weighted by atomic mass is 16.5. The first kappa shape index (κ1) is 19.8. The molecule has 2 aromatic carbocycles. The summed E-state index contributed by atoms with van der Waals surface area (Å²) in [7, 11) is 1.59. The lowest BCUT2D eigenvalue weighted by Gasteiger charge is -2.11. The van der Waals surface area contributed by atoms with Crippen molar-refractivity contribution in [3.05, 3.63) is 65.9 Å². The van der Waals surface area contributed by atoms with Crippen LogP contribution in [0.15, 0.2) is 54.6 Å². The number of methoxy groups -OCH3 is 1. The number of nitrogens with zero attached hydrogens (tertiary/aromatic N) is 2. The fourth-order valence-electron chi connectivity index (χ4n) is 2.65. The Morgan fingerprint density at radius 2 is 1.69 bits per heavy atom. The highest BCUT2D eigenvalue weighted by molar-refractivity contribution is 6.03. The van der Waals surface area contributed by atoms with Gasteiger partial charge in [-0.3, -0.25) is 9.59 Å².